The van der Waals surface area contributed by atoms with Crippen molar-refractivity contribution in [2.24, 2.45) is 0 Å². The lowest BCUT2D eigenvalue weighted by molar-refractivity contribution is 0.0977. The number of anilines is 1. The predicted molar refractivity (Wildman–Crippen MR) is 99.3 cm³/mol. The fourth-order valence-electron chi connectivity index (χ4n) is 1.58. The van der Waals surface area contributed by atoms with Crippen LogP contribution in [0.2, 0.25) is 10.0 Å². The molecule has 7 heteroatoms. The first-order valence-electron chi connectivity index (χ1n) is 5.80. The Morgan fingerprint density at radius 1 is 1.05 bits per heavy atom. The van der Waals surface area contributed by atoms with E-state index in [1.165, 1.54) is 0 Å². The van der Waals surface area contributed by atoms with E-state index in [1.54, 1.807) is 30.3 Å². The molecule has 2 aromatic carbocycles. The smallest absolute Gasteiger partial charge is 0.258 e. The van der Waals surface area contributed by atoms with Crippen molar-refractivity contribution in [3.8, 4) is 0 Å². The standard InChI is InChI=1S/C14H9Cl2IN2OS/c15-9-5-3-6-10(16)12(9)18-14(21)19-13(20)8-4-1-2-7-11(8)17/h1-7H,(H2,18,19,20,21). The molecule has 2 rings (SSSR count). The van der Waals surface area contributed by atoms with Crippen LogP contribution in [-0.2, 0) is 0 Å². The van der Waals surface area contributed by atoms with E-state index in [2.05, 4.69) is 33.2 Å². The minimum atomic E-state index is -0.291. The molecule has 0 bridgehead atoms. The lowest BCUT2D eigenvalue weighted by Gasteiger charge is -2.12. The first-order chi connectivity index (χ1) is 9.99. The van der Waals surface area contributed by atoms with Gasteiger partial charge in [-0.05, 0) is 59.1 Å². The number of nitrogens with one attached hydrogen (secondary N) is 2. The third kappa shape index (κ3) is 4.29. The van der Waals surface area contributed by atoms with E-state index < -0.39 is 0 Å². The van der Waals surface area contributed by atoms with Crippen molar-refractivity contribution in [2.75, 3.05) is 5.32 Å². The summed E-state index contributed by atoms with van der Waals surface area (Å²) in [5, 5.41) is 6.41. The molecule has 0 aliphatic rings. The Kier molecular flexibility index (Phi) is 5.80. The van der Waals surface area contributed by atoms with E-state index >= 15 is 0 Å². The topological polar surface area (TPSA) is 41.1 Å². The van der Waals surface area contributed by atoms with Crippen molar-refractivity contribution in [2.45, 2.75) is 0 Å². The molecule has 0 spiro atoms. The molecular formula is C14H9Cl2IN2OS. The van der Waals surface area contributed by atoms with Crippen LogP contribution in [0, 0.1) is 3.57 Å². The van der Waals surface area contributed by atoms with Gasteiger partial charge in [0.05, 0.1) is 21.3 Å². The van der Waals surface area contributed by atoms with Gasteiger partial charge in [-0.15, -0.1) is 0 Å². The molecule has 0 aromatic heterocycles. The van der Waals surface area contributed by atoms with Crippen LogP contribution in [0.5, 0.6) is 0 Å². The van der Waals surface area contributed by atoms with Crippen LogP contribution in [0.1, 0.15) is 10.4 Å². The largest absolute Gasteiger partial charge is 0.330 e. The maximum Gasteiger partial charge on any atom is 0.258 e. The third-order valence-corrected chi connectivity index (χ3v) is 4.32. The van der Waals surface area contributed by atoms with Gasteiger partial charge in [-0.25, -0.2) is 0 Å². The van der Waals surface area contributed by atoms with E-state index in [9.17, 15) is 4.79 Å². The number of hydrogen-bond acceptors (Lipinski definition) is 2. The number of para-hydroxylation sites is 1. The maximum absolute atomic E-state index is 12.1. The number of rotatable bonds is 2. The molecule has 0 atom stereocenters. The van der Waals surface area contributed by atoms with Gasteiger partial charge in [0.1, 0.15) is 0 Å². The van der Waals surface area contributed by atoms with Crippen molar-refractivity contribution >= 4 is 74.7 Å². The molecule has 0 fully saturated rings. The fraction of sp³-hybridized carbons (Fsp3) is 0. The summed E-state index contributed by atoms with van der Waals surface area (Å²) in [6.07, 6.45) is 0. The average molecular weight is 451 g/mol. The summed E-state index contributed by atoms with van der Waals surface area (Å²) in [6.45, 7) is 0. The molecule has 0 saturated heterocycles. The Morgan fingerprint density at radius 2 is 1.67 bits per heavy atom. The summed E-state index contributed by atoms with van der Waals surface area (Å²) in [6, 6.07) is 12.3. The van der Waals surface area contributed by atoms with Gasteiger partial charge in [0, 0.05) is 3.57 Å². The van der Waals surface area contributed by atoms with Crippen LogP contribution in [0.25, 0.3) is 0 Å². The van der Waals surface area contributed by atoms with Crippen LogP contribution >= 0.6 is 58.0 Å². The van der Waals surface area contributed by atoms with Crippen molar-refractivity contribution < 1.29 is 4.79 Å². The van der Waals surface area contributed by atoms with Crippen molar-refractivity contribution in [1.82, 2.24) is 5.32 Å². The van der Waals surface area contributed by atoms with E-state index in [0.29, 0.717) is 21.3 Å². The lowest BCUT2D eigenvalue weighted by Crippen LogP contribution is -2.34. The zero-order chi connectivity index (χ0) is 15.4. The molecule has 3 nitrogen and oxygen atoms in total. The number of halogens is 3. The molecule has 2 aromatic rings. The molecule has 0 heterocycles. The maximum atomic E-state index is 12.1. The van der Waals surface area contributed by atoms with Crippen LogP contribution in [0.15, 0.2) is 42.5 Å². The van der Waals surface area contributed by atoms with Crippen molar-refractivity contribution in [3.05, 3.63) is 61.6 Å². The Labute approximate surface area is 151 Å². The first kappa shape index (κ1) is 16.5. The van der Waals surface area contributed by atoms with Gasteiger partial charge in [0.2, 0.25) is 0 Å². The van der Waals surface area contributed by atoms with Gasteiger partial charge in [-0.3, -0.25) is 10.1 Å². The van der Waals surface area contributed by atoms with Crippen molar-refractivity contribution in [3.63, 3.8) is 0 Å². The number of hydrogen-bond donors (Lipinski definition) is 2. The molecular weight excluding hydrogens is 442 g/mol. The molecule has 2 N–H and O–H groups in total. The first-order valence-corrected chi connectivity index (χ1v) is 8.04. The fourth-order valence-corrected chi connectivity index (χ4v) is 2.90. The second kappa shape index (κ2) is 7.40. The molecule has 0 aliphatic heterocycles. The van der Waals surface area contributed by atoms with Gasteiger partial charge >= 0.3 is 0 Å². The molecule has 0 saturated carbocycles. The Hall–Kier alpha value is -0.890. The number of amides is 1. The summed E-state index contributed by atoms with van der Waals surface area (Å²) in [7, 11) is 0. The molecule has 21 heavy (non-hydrogen) atoms. The van der Waals surface area contributed by atoms with Gasteiger partial charge in [0.25, 0.3) is 5.91 Å². The van der Waals surface area contributed by atoms with Crippen LogP contribution in [-0.4, -0.2) is 11.0 Å². The summed E-state index contributed by atoms with van der Waals surface area (Å²) >= 11 is 19.3. The SMILES string of the molecule is O=C(NC(=S)Nc1c(Cl)cccc1Cl)c1ccccc1I. The lowest BCUT2D eigenvalue weighted by atomic mass is 10.2. The van der Waals surface area contributed by atoms with Crippen LogP contribution < -0.4 is 10.6 Å². The second-order valence-electron chi connectivity index (χ2n) is 3.98. The summed E-state index contributed by atoms with van der Waals surface area (Å²) in [5.74, 6) is -0.291. The normalized spacial score (nSPS) is 10.0. The van der Waals surface area contributed by atoms with Crippen LogP contribution in [0.3, 0.4) is 0 Å². The number of carbonyl (C=O) groups is 1. The van der Waals surface area contributed by atoms with E-state index in [-0.39, 0.29) is 11.0 Å². The van der Waals surface area contributed by atoms with Gasteiger partial charge in [-0.1, -0.05) is 41.4 Å². The average Bonchev–Trinajstić information content (AvgIpc) is 2.43. The molecule has 108 valence electrons. The summed E-state index contributed by atoms with van der Waals surface area (Å²) < 4.78 is 0.839. The molecule has 0 aliphatic carbocycles. The highest BCUT2D eigenvalue weighted by atomic mass is 127. The Balaban J connectivity index is 2.09. The molecule has 0 unspecified atom stereocenters. The van der Waals surface area contributed by atoms with Gasteiger partial charge in [-0.2, -0.15) is 0 Å². The Bertz CT molecular complexity index is 689. The highest BCUT2D eigenvalue weighted by Gasteiger charge is 2.12. The minimum absolute atomic E-state index is 0.134. The number of benzene rings is 2. The highest BCUT2D eigenvalue weighted by molar-refractivity contribution is 14.1. The van der Waals surface area contributed by atoms with E-state index in [1.807, 2.05) is 12.1 Å². The van der Waals surface area contributed by atoms with Crippen LogP contribution in [0.4, 0.5) is 5.69 Å². The van der Waals surface area contributed by atoms with E-state index in [0.717, 1.165) is 3.57 Å². The monoisotopic (exact) mass is 450 g/mol. The zero-order valence-corrected chi connectivity index (χ0v) is 15.0. The molecule has 1 amide bonds. The third-order valence-electron chi connectivity index (χ3n) is 2.55. The molecule has 0 radical (unpaired) electrons. The summed E-state index contributed by atoms with van der Waals surface area (Å²) in [4.78, 5) is 12.1. The minimum Gasteiger partial charge on any atom is -0.330 e. The van der Waals surface area contributed by atoms with Gasteiger partial charge < -0.3 is 5.32 Å². The van der Waals surface area contributed by atoms with Gasteiger partial charge in [0.15, 0.2) is 5.11 Å². The quantitative estimate of drug-likeness (QED) is 0.513. The Morgan fingerprint density at radius 3 is 2.29 bits per heavy atom. The highest BCUT2D eigenvalue weighted by Crippen LogP contribution is 2.29. The second-order valence-corrected chi connectivity index (χ2v) is 6.37. The van der Waals surface area contributed by atoms with Crippen molar-refractivity contribution in [1.29, 1.82) is 0 Å². The zero-order valence-electron chi connectivity index (χ0n) is 10.5. The number of thiocarbonyl (C=S) groups is 1. The predicted octanol–water partition coefficient (Wildman–Crippen LogP) is 4.72. The number of carbonyl (C=O) groups excluding carboxylic acids is 1. The van der Waals surface area contributed by atoms with E-state index in [4.69, 9.17) is 35.4 Å². The summed E-state index contributed by atoms with van der Waals surface area (Å²) in [5.41, 5.74) is 1.02.